The molecule has 1 heterocycles. The van der Waals surface area contributed by atoms with Gasteiger partial charge in [-0.1, -0.05) is 20.8 Å². The summed E-state index contributed by atoms with van der Waals surface area (Å²) >= 11 is 0. The van der Waals surface area contributed by atoms with Gasteiger partial charge in [-0.05, 0) is 25.2 Å². The number of nitrogens with one attached hydrogen (secondary N) is 2. The molecule has 0 aromatic carbocycles. The summed E-state index contributed by atoms with van der Waals surface area (Å²) in [6, 6.07) is 0.232. The number of guanidine groups is 1. The van der Waals surface area contributed by atoms with Crippen LogP contribution in [0.4, 0.5) is 0 Å². The summed E-state index contributed by atoms with van der Waals surface area (Å²) in [4.78, 5) is 4.26. The minimum absolute atomic E-state index is 0. The predicted octanol–water partition coefficient (Wildman–Crippen LogP) is 1.64. The molecule has 7 nitrogen and oxygen atoms in total. The highest BCUT2D eigenvalue weighted by atomic mass is 127. The number of hydrogen-bond donors (Lipinski definition) is 2. The van der Waals surface area contributed by atoms with Crippen molar-refractivity contribution in [2.24, 2.45) is 10.4 Å². The molecule has 25 heavy (non-hydrogen) atoms. The van der Waals surface area contributed by atoms with Crippen LogP contribution in [0.1, 0.15) is 40.5 Å². The molecule has 0 aromatic heterocycles. The van der Waals surface area contributed by atoms with E-state index in [1.165, 1.54) is 0 Å². The highest BCUT2D eigenvalue weighted by Crippen LogP contribution is 2.21. The number of ether oxygens (including phenoxy) is 1. The van der Waals surface area contributed by atoms with Gasteiger partial charge < -0.3 is 15.4 Å². The van der Waals surface area contributed by atoms with Crippen molar-refractivity contribution in [2.75, 3.05) is 39.5 Å². The summed E-state index contributed by atoms with van der Waals surface area (Å²) in [7, 11) is 0.384. The first-order valence-corrected chi connectivity index (χ1v) is 10.2. The van der Waals surface area contributed by atoms with Crippen molar-refractivity contribution in [3.05, 3.63) is 0 Å². The highest BCUT2D eigenvalue weighted by Gasteiger charge is 2.28. The molecule has 1 rings (SSSR count). The van der Waals surface area contributed by atoms with Gasteiger partial charge in [-0.3, -0.25) is 4.99 Å². The van der Waals surface area contributed by atoms with Gasteiger partial charge in [0.1, 0.15) is 0 Å². The maximum atomic E-state index is 11.9. The van der Waals surface area contributed by atoms with Crippen LogP contribution < -0.4 is 10.6 Å². The van der Waals surface area contributed by atoms with E-state index in [1.807, 2.05) is 0 Å². The van der Waals surface area contributed by atoms with Crippen molar-refractivity contribution in [3.63, 3.8) is 0 Å². The Morgan fingerprint density at radius 2 is 1.88 bits per heavy atom. The van der Waals surface area contributed by atoms with Crippen LogP contribution in [0.15, 0.2) is 4.99 Å². The maximum absolute atomic E-state index is 11.9. The van der Waals surface area contributed by atoms with Gasteiger partial charge in [0.2, 0.25) is 10.0 Å². The molecule has 1 fully saturated rings. The second-order valence-corrected chi connectivity index (χ2v) is 9.52. The first kappa shape index (κ1) is 24.9. The van der Waals surface area contributed by atoms with Gasteiger partial charge >= 0.3 is 0 Å². The van der Waals surface area contributed by atoms with Gasteiger partial charge in [-0.2, -0.15) is 0 Å². The van der Waals surface area contributed by atoms with E-state index in [1.54, 1.807) is 25.4 Å². The highest BCUT2D eigenvalue weighted by molar-refractivity contribution is 14.0. The number of methoxy groups -OCH3 is 1. The topological polar surface area (TPSA) is 83.0 Å². The normalized spacial score (nSPS) is 19.2. The Hall–Kier alpha value is -0.130. The second-order valence-electron chi connectivity index (χ2n) is 7.26. The number of sulfonamides is 1. The lowest BCUT2D eigenvalue weighted by Gasteiger charge is -2.33. The SMILES string of the molecule is CCS(=O)(=O)N1CCC(NC(=NC)NCC(OC)C(C)(C)C)CC1.I. The fourth-order valence-electron chi connectivity index (χ4n) is 2.78. The Bertz CT molecular complexity index is 512. The fourth-order valence-corrected chi connectivity index (χ4v) is 3.91. The van der Waals surface area contributed by atoms with Crippen LogP contribution in [-0.4, -0.2) is 70.4 Å². The zero-order chi connectivity index (χ0) is 18.4. The van der Waals surface area contributed by atoms with Gasteiger partial charge in [-0.25, -0.2) is 12.7 Å². The third-order valence-electron chi connectivity index (χ3n) is 4.48. The Kier molecular flexibility index (Phi) is 10.8. The lowest BCUT2D eigenvalue weighted by molar-refractivity contribution is 0.0205. The van der Waals surface area contributed by atoms with Crippen LogP contribution in [0.25, 0.3) is 0 Å². The Labute approximate surface area is 170 Å². The smallest absolute Gasteiger partial charge is 0.213 e. The summed E-state index contributed by atoms with van der Waals surface area (Å²) in [5.41, 5.74) is 0.0421. The van der Waals surface area contributed by atoms with Gasteiger partial charge in [0.25, 0.3) is 0 Å². The number of halogens is 1. The van der Waals surface area contributed by atoms with Gasteiger partial charge in [0.15, 0.2) is 5.96 Å². The van der Waals surface area contributed by atoms with Crippen molar-refractivity contribution in [3.8, 4) is 0 Å². The average molecular weight is 490 g/mol. The summed E-state index contributed by atoms with van der Waals surface area (Å²) < 4.78 is 30.9. The molecule has 0 spiro atoms. The van der Waals surface area contributed by atoms with Crippen molar-refractivity contribution < 1.29 is 13.2 Å². The number of hydrogen-bond acceptors (Lipinski definition) is 4. The van der Waals surface area contributed by atoms with E-state index in [-0.39, 0.29) is 47.3 Å². The van der Waals surface area contributed by atoms with E-state index >= 15 is 0 Å². The molecule has 1 aliphatic rings. The molecular weight excluding hydrogens is 455 g/mol. The molecule has 0 bridgehead atoms. The number of rotatable bonds is 6. The minimum atomic E-state index is -3.08. The summed E-state index contributed by atoms with van der Waals surface area (Å²) in [6.45, 7) is 9.91. The van der Waals surface area contributed by atoms with Crippen LogP contribution in [-0.2, 0) is 14.8 Å². The largest absolute Gasteiger partial charge is 0.379 e. The second kappa shape index (κ2) is 10.9. The van der Waals surface area contributed by atoms with E-state index in [0.29, 0.717) is 19.6 Å². The average Bonchev–Trinajstić information content (AvgIpc) is 2.53. The van der Waals surface area contributed by atoms with Crippen LogP contribution in [0, 0.1) is 5.41 Å². The molecule has 0 aliphatic carbocycles. The molecule has 2 N–H and O–H groups in total. The molecule has 9 heteroatoms. The van der Waals surface area contributed by atoms with Gasteiger partial charge in [0, 0.05) is 39.8 Å². The number of piperidine rings is 1. The quantitative estimate of drug-likeness (QED) is 0.336. The van der Waals surface area contributed by atoms with E-state index in [2.05, 4.69) is 36.4 Å². The Morgan fingerprint density at radius 1 is 1.32 bits per heavy atom. The van der Waals surface area contributed by atoms with E-state index in [9.17, 15) is 8.42 Å². The van der Waals surface area contributed by atoms with E-state index in [0.717, 1.165) is 18.8 Å². The Morgan fingerprint density at radius 3 is 2.28 bits per heavy atom. The minimum Gasteiger partial charge on any atom is -0.379 e. The molecule has 0 saturated carbocycles. The molecule has 0 radical (unpaired) electrons. The summed E-state index contributed by atoms with van der Waals surface area (Å²) in [5, 5.41) is 6.70. The van der Waals surface area contributed by atoms with Crippen molar-refractivity contribution >= 4 is 40.0 Å². The van der Waals surface area contributed by atoms with Crippen LogP contribution in [0.3, 0.4) is 0 Å². The summed E-state index contributed by atoms with van der Waals surface area (Å²) in [6.07, 6.45) is 1.65. The standard InChI is InChI=1S/C16H34N4O3S.HI/c1-7-24(21,22)20-10-8-13(9-11-20)19-15(17-5)18-12-14(23-6)16(2,3)4;/h13-14H,7-12H2,1-6H3,(H2,17,18,19);1H. The van der Waals surface area contributed by atoms with Crippen molar-refractivity contribution in [1.82, 2.24) is 14.9 Å². The van der Waals surface area contributed by atoms with Crippen molar-refractivity contribution in [1.29, 1.82) is 0 Å². The molecule has 150 valence electrons. The third kappa shape index (κ3) is 7.96. The zero-order valence-electron chi connectivity index (χ0n) is 16.3. The van der Waals surface area contributed by atoms with E-state index < -0.39 is 10.0 Å². The lowest BCUT2D eigenvalue weighted by atomic mass is 9.89. The maximum Gasteiger partial charge on any atom is 0.213 e. The molecule has 1 saturated heterocycles. The molecular formula is C16H35IN4O3S. The van der Waals surface area contributed by atoms with Crippen LogP contribution in [0.5, 0.6) is 0 Å². The predicted molar refractivity (Wildman–Crippen MR) is 114 cm³/mol. The number of nitrogens with zero attached hydrogens (tertiary/aromatic N) is 2. The lowest BCUT2D eigenvalue weighted by Crippen LogP contribution is -2.51. The third-order valence-corrected chi connectivity index (χ3v) is 6.36. The molecule has 0 amide bonds. The fraction of sp³-hybridized carbons (Fsp3) is 0.938. The summed E-state index contributed by atoms with van der Waals surface area (Å²) in [5.74, 6) is 0.901. The molecule has 1 unspecified atom stereocenters. The van der Waals surface area contributed by atoms with Crippen molar-refractivity contribution in [2.45, 2.75) is 52.7 Å². The molecule has 1 aliphatic heterocycles. The van der Waals surface area contributed by atoms with E-state index in [4.69, 9.17) is 4.74 Å². The van der Waals surface area contributed by atoms with Crippen LogP contribution in [0.2, 0.25) is 0 Å². The molecule has 0 aromatic rings. The number of aliphatic imine (C=N–C) groups is 1. The van der Waals surface area contributed by atoms with Gasteiger partial charge in [0.05, 0.1) is 11.9 Å². The monoisotopic (exact) mass is 490 g/mol. The zero-order valence-corrected chi connectivity index (χ0v) is 19.5. The van der Waals surface area contributed by atoms with Crippen LogP contribution >= 0.6 is 24.0 Å². The first-order valence-electron chi connectivity index (χ1n) is 8.61. The first-order chi connectivity index (χ1) is 11.1. The van der Waals surface area contributed by atoms with Gasteiger partial charge in [-0.15, -0.1) is 24.0 Å². The Balaban J connectivity index is 0.00000576. The molecule has 1 atom stereocenters.